The van der Waals surface area contributed by atoms with Gasteiger partial charge in [0.2, 0.25) is 11.1 Å². The van der Waals surface area contributed by atoms with E-state index in [9.17, 15) is 4.79 Å². The van der Waals surface area contributed by atoms with Crippen LogP contribution in [0.25, 0.3) is 0 Å². The third-order valence-electron chi connectivity index (χ3n) is 3.72. The van der Waals surface area contributed by atoms with E-state index in [1.54, 1.807) is 19.0 Å². The summed E-state index contributed by atoms with van der Waals surface area (Å²) in [4.78, 5) is 13.5. The van der Waals surface area contributed by atoms with Crippen molar-refractivity contribution in [2.24, 2.45) is 0 Å². The number of hydrogen-bond donors (Lipinski definition) is 1. The number of amides is 1. The summed E-state index contributed by atoms with van der Waals surface area (Å²) in [5.74, 6) is 7.75. The molecule has 7 nitrogen and oxygen atoms in total. The minimum absolute atomic E-state index is 0.00366. The molecule has 136 valence electrons. The molecular formula is C17H25N5O2S. The van der Waals surface area contributed by atoms with E-state index in [1.807, 2.05) is 31.2 Å². The molecular weight excluding hydrogens is 338 g/mol. The lowest BCUT2D eigenvalue weighted by molar-refractivity contribution is -0.127. The molecule has 0 aliphatic rings. The number of rotatable bonds is 7. The maximum atomic E-state index is 11.9. The van der Waals surface area contributed by atoms with Gasteiger partial charge in [-0.05, 0) is 30.5 Å². The molecule has 0 fully saturated rings. The summed E-state index contributed by atoms with van der Waals surface area (Å²) in [7, 11) is 3.44. The van der Waals surface area contributed by atoms with Gasteiger partial charge in [-0.15, -0.1) is 10.2 Å². The van der Waals surface area contributed by atoms with Crippen molar-refractivity contribution >= 4 is 17.7 Å². The topological polar surface area (TPSA) is 86.3 Å². The Labute approximate surface area is 152 Å². The zero-order valence-corrected chi connectivity index (χ0v) is 16.1. The van der Waals surface area contributed by atoms with E-state index >= 15 is 0 Å². The molecule has 1 unspecified atom stereocenters. The quantitative estimate of drug-likeness (QED) is 0.600. The second-order valence-corrected chi connectivity index (χ2v) is 7.58. The molecule has 2 aromatic rings. The summed E-state index contributed by atoms with van der Waals surface area (Å²) < 4.78 is 7.09. The van der Waals surface area contributed by atoms with Crippen LogP contribution in [0.2, 0.25) is 0 Å². The summed E-state index contributed by atoms with van der Waals surface area (Å²) >= 11 is 1.27. The number of nitrogens with zero attached hydrogens (tertiary/aromatic N) is 4. The molecule has 0 spiro atoms. The van der Waals surface area contributed by atoms with Crippen molar-refractivity contribution < 1.29 is 9.53 Å². The normalized spacial score (nSPS) is 12.2. The van der Waals surface area contributed by atoms with Crippen LogP contribution < -0.4 is 10.6 Å². The zero-order chi connectivity index (χ0) is 18.6. The third-order valence-corrected chi connectivity index (χ3v) is 4.76. The number of carbonyl (C=O) groups excluding carboxylic acids is 1. The van der Waals surface area contributed by atoms with Crippen LogP contribution in [0.15, 0.2) is 29.4 Å². The number of hydrogen-bond acceptors (Lipinski definition) is 6. The van der Waals surface area contributed by atoms with Crippen molar-refractivity contribution in [3.05, 3.63) is 35.7 Å². The van der Waals surface area contributed by atoms with Crippen molar-refractivity contribution in [2.45, 2.75) is 43.7 Å². The van der Waals surface area contributed by atoms with Crippen LogP contribution >= 0.6 is 11.8 Å². The minimum atomic E-state index is -0.293. The summed E-state index contributed by atoms with van der Waals surface area (Å²) in [5.41, 5.74) is 1.26. The zero-order valence-electron chi connectivity index (χ0n) is 15.3. The van der Waals surface area contributed by atoms with Crippen LogP contribution in [0.4, 0.5) is 0 Å². The molecule has 1 aromatic heterocycles. The summed E-state index contributed by atoms with van der Waals surface area (Å²) in [6.45, 7) is 6.32. The van der Waals surface area contributed by atoms with Gasteiger partial charge in [-0.3, -0.25) is 4.79 Å². The summed E-state index contributed by atoms with van der Waals surface area (Å²) in [5, 5.41) is 8.29. The highest BCUT2D eigenvalue weighted by Gasteiger charge is 2.20. The minimum Gasteiger partial charge on any atom is -0.486 e. The number of ether oxygens (including phenoxy) is 1. The third kappa shape index (κ3) is 4.88. The van der Waals surface area contributed by atoms with Crippen LogP contribution in [0.3, 0.4) is 0 Å². The molecule has 0 aliphatic heterocycles. The van der Waals surface area contributed by atoms with E-state index in [1.165, 1.54) is 22.0 Å². The van der Waals surface area contributed by atoms with Gasteiger partial charge in [0.25, 0.3) is 0 Å². The van der Waals surface area contributed by atoms with Crippen molar-refractivity contribution in [3.63, 3.8) is 0 Å². The molecule has 1 atom stereocenters. The Morgan fingerprint density at radius 1 is 1.24 bits per heavy atom. The number of benzene rings is 1. The van der Waals surface area contributed by atoms with Crippen molar-refractivity contribution in [2.75, 3.05) is 19.9 Å². The first-order valence-corrected chi connectivity index (χ1v) is 8.97. The molecule has 0 aliphatic carbocycles. The Hall–Kier alpha value is -2.22. The van der Waals surface area contributed by atoms with Gasteiger partial charge in [0.15, 0.2) is 5.82 Å². The van der Waals surface area contributed by atoms with E-state index in [0.29, 0.717) is 16.9 Å². The highest BCUT2D eigenvalue weighted by Crippen LogP contribution is 2.23. The second-order valence-electron chi connectivity index (χ2n) is 6.27. The van der Waals surface area contributed by atoms with Crippen molar-refractivity contribution in [3.8, 4) is 5.75 Å². The summed E-state index contributed by atoms with van der Waals surface area (Å²) in [6.07, 6.45) is 0. The average Bonchev–Trinajstić information content (AvgIpc) is 2.92. The molecule has 0 saturated heterocycles. The number of nitrogens with two attached hydrogens (primary N) is 1. The van der Waals surface area contributed by atoms with E-state index in [4.69, 9.17) is 10.6 Å². The van der Waals surface area contributed by atoms with E-state index in [-0.39, 0.29) is 17.8 Å². The fraction of sp³-hybridized carbons (Fsp3) is 0.471. The van der Waals surface area contributed by atoms with E-state index in [0.717, 1.165) is 5.75 Å². The molecule has 25 heavy (non-hydrogen) atoms. The Morgan fingerprint density at radius 3 is 2.44 bits per heavy atom. The van der Waals surface area contributed by atoms with Gasteiger partial charge in [-0.25, -0.2) is 4.68 Å². The maximum absolute atomic E-state index is 11.9. The standard InChI is InChI=1S/C17H25N5O2S/c1-11(2)13-6-8-14(9-7-13)24-10-15-19-20-17(22(15)18)25-12(3)16(23)21(4)5/h6-9,11-12H,10,18H2,1-5H3. The molecule has 1 heterocycles. The average molecular weight is 363 g/mol. The van der Waals surface area contributed by atoms with Crippen LogP contribution in [-0.2, 0) is 11.4 Å². The van der Waals surface area contributed by atoms with Gasteiger partial charge in [0, 0.05) is 14.1 Å². The highest BCUT2D eigenvalue weighted by atomic mass is 32.2. The van der Waals surface area contributed by atoms with E-state index in [2.05, 4.69) is 24.0 Å². The first-order valence-electron chi connectivity index (χ1n) is 8.09. The van der Waals surface area contributed by atoms with E-state index < -0.39 is 0 Å². The molecule has 0 saturated carbocycles. The molecule has 2 N–H and O–H groups in total. The Kier molecular flexibility index (Phi) is 6.30. The van der Waals surface area contributed by atoms with Crippen LogP contribution in [0.5, 0.6) is 5.75 Å². The van der Waals surface area contributed by atoms with Gasteiger partial charge >= 0.3 is 0 Å². The molecule has 1 amide bonds. The van der Waals surface area contributed by atoms with Crippen LogP contribution in [0, 0.1) is 0 Å². The molecule has 0 radical (unpaired) electrons. The lowest BCUT2D eigenvalue weighted by Crippen LogP contribution is -2.30. The van der Waals surface area contributed by atoms with Gasteiger partial charge in [-0.1, -0.05) is 37.7 Å². The molecule has 2 rings (SSSR count). The first-order chi connectivity index (χ1) is 11.8. The predicted octanol–water partition coefficient (Wildman–Crippen LogP) is 2.26. The smallest absolute Gasteiger partial charge is 0.235 e. The number of nitrogen functional groups attached to an aromatic ring is 1. The van der Waals surface area contributed by atoms with Crippen molar-refractivity contribution in [1.82, 2.24) is 19.8 Å². The molecule has 8 heteroatoms. The van der Waals surface area contributed by atoms with Gasteiger partial charge in [0.05, 0.1) is 5.25 Å². The lowest BCUT2D eigenvalue weighted by Gasteiger charge is -2.15. The Balaban J connectivity index is 1.97. The largest absolute Gasteiger partial charge is 0.486 e. The number of thioether (sulfide) groups is 1. The van der Waals surface area contributed by atoms with Gasteiger partial charge < -0.3 is 15.5 Å². The summed E-state index contributed by atoms with van der Waals surface area (Å²) in [6, 6.07) is 7.95. The van der Waals surface area contributed by atoms with Crippen LogP contribution in [-0.4, -0.2) is 45.0 Å². The van der Waals surface area contributed by atoms with Crippen LogP contribution in [0.1, 0.15) is 38.1 Å². The van der Waals surface area contributed by atoms with Gasteiger partial charge in [-0.2, -0.15) is 0 Å². The van der Waals surface area contributed by atoms with Gasteiger partial charge in [0.1, 0.15) is 12.4 Å². The van der Waals surface area contributed by atoms with Crippen molar-refractivity contribution in [1.29, 1.82) is 0 Å². The predicted molar refractivity (Wildman–Crippen MR) is 99.0 cm³/mol. The first kappa shape index (κ1) is 19.1. The fourth-order valence-electron chi connectivity index (χ4n) is 2.15. The SMILES string of the molecule is CC(Sc1nnc(COc2ccc(C(C)C)cc2)n1N)C(=O)N(C)C. The maximum Gasteiger partial charge on any atom is 0.235 e. The number of carbonyl (C=O) groups is 1. The second kappa shape index (κ2) is 8.24. The molecule has 1 aromatic carbocycles. The molecule has 0 bridgehead atoms. The monoisotopic (exact) mass is 363 g/mol. The Bertz CT molecular complexity index is 712. The fourth-order valence-corrected chi connectivity index (χ4v) is 3.09. The highest BCUT2D eigenvalue weighted by molar-refractivity contribution is 8.00. The lowest BCUT2D eigenvalue weighted by atomic mass is 10.0. The number of aromatic nitrogens is 3. The Morgan fingerprint density at radius 2 is 1.88 bits per heavy atom.